The van der Waals surface area contributed by atoms with Crippen molar-refractivity contribution < 1.29 is 24.0 Å². The van der Waals surface area contributed by atoms with Gasteiger partial charge in [0, 0.05) is 13.7 Å². The number of halogens is 1. The average molecular weight is 234 g/mol. The molecule has 6 nitrogen and oxygen atoms in total. The van der Waals surface area contributed by atoms with Gasteiger partial charge in [-0.15, -0.1) is 0 Å². The highest BCUT2D eigenvalue weighted by Crippen LogP contribution is 2.25. The zero-order chi connectivity index (χ0) is 10.5. The lowest BCUT2D eigenvalue weighted by Gasteiger charge is -2.13. The topological polar surface area (TPSA) is 90.2 Å². The van der Waals surface area contributed by atoms with Gasteiger partial charge in [0.1, 0.15) is 6.23 Å². The number of ether oxygens (including phenoxy) is 1. The summed E-state index contributed by atoms with van der Waals surface area (Å²) in [6.07, 6.45) is 2.39. The van der Waals surface area contributed by atoms with Gasteiger partial charge in [-0.25, -0.2) is 4.57 Å². The summed E-state index contributed by atoms with van der Waals surface area (Å²) in [7, 11) is -2.95. The minimum absolute atomic E-state index is 0.164. The minimum Gasteiger partial charge on any atom is -0.365 e. The molecule has 1 fully saturated rings. The van der Waals surface area contributed by atoms with E-state index in [9.17, 15) is 0 Å². The maximum Gasteiger partial charge on any atom is 0.466 e. The van der Waals surface area contributed by atoms with Crippen molar-refractivity contribution in [1.29, 1.82) is 0 Å². The Morgan fingerprint density at radius 2 is 2.00 bits per heavy atom. The van der Waals surface area contributed by atoms with Gasteiger partial charge < -0.3 is 19.4 Å². The van der Waals surface area contributed by atoms with Crippen molar-refractivity contribution in [1.82, 2.24) is 4.42 Å². The highest BCUT2D eigenvalue weighted by Gasteiger charge is 2.21. The average Bonchev–Trinajstić information content (AvgIpc) is 2.31. The van der Waals surface area contributed by atoms with Crippen LogP contribution in [0.5, 0.6) is 0 Å². The molecule has 0 radical (unpaired) electrons. The fourth-order valence-electron chi connectivity index (χ4n) is 0.933. The summed E-state index contributed by atoms with van der Waals surface area (Å²) in [6.45, 7) is 0.958. The molecule has 0 aromatic heterocycles. The van der Waals surface area contributed by atoms with E-state index in [1.165, 1.54) is 0 Å². The Kier molecular flexibility index (Phi) is 6.07. The van der Waals surface area contributed by atoms with Crippen molar-refractivity contribution in [2.24, 2.45) is 0 Å². The number of hydrogen-bond acceptors (Lipinski definition) is 3. The Labute approximate surface area is 81.4 Å². The van der Waals surface area contributed by atoms with E-state index in [0.717, 1.165) is 19.4 Å². The van der Waals surface area contributed by atoms with Crippen LogP contribution in [0.3, 0.4) is 0 Å². The van der Waals surface area contributed by atoms with Crippen LogP contribution in [0.4, 0.5) is 0 Å². The Morgan fingerprint density at radius 3 is 2.15 bits per heavy atom. The fraction of sp³-hybridized carbons (Fsp3) is 1.00. The zero-order valence-electron chi connectivity index (χ0n) is 7.13. The van der Waals surface area contributed by atoms with Crippen molar-refractivity contribution in [3.63, 3.8) is 0 Å². The summed E-state index contributed by atoms with van der Waals surface area (Å²) in [6, 6.07) is 0. The molecule has 1 saturated heterocycles. The molecule has 0 aromatic rings. The molecule has 1 rings (SSSR count). The summed E-state index contributed by atoms with van der Waals surface area (Å²) in [4.78, 5) is 21.6. The number of hydrogen-bond donors (Lipinski definition) is 3. The van der Waals surface area contributed by atoms with Crippen molar-refractivity contribution in [2.45, 2.75) is 19.1 Å². The Morgan fingerprint density at radius 1 is 1.54 bits per heavy atom. The summed E-state index contributed by atoms with van der Waals surface area (Å²) in [5.41, 5.74) is 0. The van der Waals surface area contributed by atoms with Gasteiger partial charge in [0.2, 0.25) is 0 Å². The standard InChI is InChI=1S/C5H10ClNO.H3O4P/c1-8-5-3-2-4-7(5)6;1-5(2,3)4/h5H,2-4H2,1H3;(H3,1,2,3,4)/t5-;/m0./s1. The van der Waals surface area contributed by atoms with E-state index in [1.54, 1.807) is 11.5 Å². The second-order valence-corrected chi connectivity index (χ2v) is 3.93. The predicted octanol–water partition coefficient (Wildman–Crippen LogP) is 0.280. The van der Waals surface area contributed by atoms with Crippen LogP contribution in [0.1, 0.15) is 12.8 Å². The Hall–Kier alpha value is 0.320. The molecular formula is C5H13ClNO5P. The molecule has 0 saturated carbocycles. The lowest BCUT2D eigenvalue weighted by molar-refractivity contribution is 0.0417. The Balaban J connectivity index is 0.000000252. The van der Waals surface area contributed by atoms with Crippen LogP contribution in [-0.2, 0) is 9.30 Å². The molecule has 0 aliphatic carbocycles. The summed E-state index contributed by atoms with van der Waals surface area (Å²) in [5, 5.41) is 0. The lowest BCUT2D eigenvalue weighted by atomic mass is 10.4. The van der Waals surface area contributed by atoms with E-state index < -0.39 is 7.82 Å². The van der Waals surface area contributed by atoms with Gasteiger partial charge in [0.05, 0.1) is 0 Å². The number of nitrogens with zero attached hydrogens (tertiary/aromatic N) is 1. The van der Waals surface area contributed by atoms with E-state index in [0.29, 0.717) is 0 Å². The highest BCUT2D eigenvalue weighted by atomic mass is 35.5. The van der Waals surface area contributed by atoms with Crippen LogP contribution < -0.4 is 0 Å². The maximum atomic E-state index is 8.88. The first-order chi connectivity index (χ1) is 5.84. The normalized spacial score (nSPS) is 23.9. The predicted molar refractivity (Wildman–Crippen MR) is 46.9 cm³/mol. The first kappa shape index (κ1) is 13.3. The molecular weight excluding hydrogens is 220 g/mol. The molecule has 13 heavy (non-hydrogen) atoms. The van der Waals surface area contributed by atoms with Crippen LogP contribution >= 0.6 is 19.6 Å². The molecule has 0 aromatic carbocycles. The first-order valence-corrected chi connectivity index (χ1v) is 5.48. The summed E-state index contributed by atoms with van der Waals surface area (Å²) >= 11 is 5.69. The largest absolute Gasteiger partial charge is 0.466 e. The van der Waals surface area contributed by atoms with Crippen molar-refractivity contribution in [3.05, 3.63) is 0 Å². The highest BCUT2D eigenvalue weighted by molar-refractivity contribution is 7.45. The molecule has 1 aliphatic rings. The lowest BCUT2D eigenvalue weighted by Crippen LogP contribution is -2.20. The second-order valence-electron chi connectivity index (χ2n) is 2.47. The second kappa shape index (κ2) is 5.93. The van der Waals surface area contributed by atoms with E-state index in [4.69, 9.17) is 35.8 Å². The third kappa shape index (κ3) is 8.64. The molecule has 0 unspecified atom stereocenters. The van der Waals surface area contributed by atoms with Gasteiger partial charge in [-0.2, -0.15) is 4.42 Å². The monoisotopic (exact) mass is 233 g/mol. The number of phosphoric acid groups is 1. The molecule has 1 aliphatic heterocycles. The van der Waals surface area contributed by atoms with E-state index in [2.05, 4.69) is 0 Å². The molecule has 8 heteroatoms. The molecule has 0 bridgehead atoms. The maximum absolute atomic E-state index is 8.88. The van der Waals surface area contributed by atoms with Crippen molar-refractivity contribution in [3.8, 4) is 0 Å². The quantitative estimate of drug-likeness (QED) is 0.445. The third-order valence-corrected chi connectivity index (χ3v) is 1.79. The zero-order valence-corrected chi connectivity index (χ0v) is 8.78. The van der Waals surface area contributed by atoms with Gasteiger partial charge in [-0.1, -0.05) is 0 Å². The smallest absolute Gasteiger partial charge is 0.365 e. The van der Waals surface area contributed by atoms with Gasteiger partial charge in [-0.3, -0.25) is 0 Å². The molecule has 1 heterocycles. The Bertz CT molecular complexity index is 177. The van der Waals surface area contributed by atoms with Crippen molar-refractivity contribution >= 4 is 19.6 Å². The fourth-order valence-corrected chi connectivity index (χ4v) is 1.23. The molecule has 0 spiro atoms. The van der Waals surface area contributed by atoms with E-state index in [-0.39, 0.29) is 6.23 Å². The van der Waals surface area contributed by atoms with E-state index >= 15 is 0 Å². The van der Waals surface area contributed by atoms with Crippen LogP contribution in [0, 0.1) is 0 Å². The molecule has 0 amide bonds. The van der Waals surface area contributed by atoms with Crippen molar-refractivity contribution in [2.75, 3.05) is 13.7 Å². The molecule has 1 atom stereocenters. The number of rotatable bonds is 1. The molecule has 3 N–H and O–H groups in total. The van der Waals surface area contributed by atoms with Crippen LogP contribution in [0.25, 0.3) is 0 Å². The first-order valence-electron chi connectivity index (χ1n) is 3.58. The van der Waals surface area contributed by atoms with E-state index in [1.807, 2.05) is 0 Å². The van der Waals surface area contributed by atoms with Gasteiger partial charge in [-0.05, 0) is 24.6 Å². The van der Waals surface area contributed by atoms with Crippen LogP contribution in [0.15, 0.2) is 0 Å². The van der Waals surface area contributed by atoms with Crippen LogP contribution in [-0.4, -0.2) is 39.0 Å². The SMILES string of the molecule is CO[C@H]1CCCN1Cl.O=P(O)(O)O. The van der Waals surface area contributed by atoms with Gasteiger partial charge in [0.15, 0.2) is 0 Å². The molecule has 80 valence electrons. The summed E-state index contributed by atoms with van der Waals surface area (Å²) in [5.74, 6) is 0. The number of methoxy groups -OCH3 is 1. The van der Waals surface area contributed by atoms with Gasteiger partial charge in [0.25, 0.3) is 0 Å². The summed E-state index contributed by atoms with van der Waals surface area (Å²) < 4.78 is 15.6. The van der Waals surface area contributed by atoms with Crippen LogP contribution in [0.2, 0.25) is 0 Å². The third-order valence-electron chi connectivity index (χ3n) is 1.41. The van der Waals surface area contributed by atoms with Gasteiger partial charge >= 0.3 is 7.82 Å². The minimum atomic E-state index is -4.64.